The van der Waals surface area contributed by atoms with Crippen molar-refractivity contribution in [2.75, 3.05) is 24.6 Å². The fourth-order valence-corrected chi connectivity index (χ4v) is 1.72. The minimum Gasteiger partial charge on any atom is -0.395 e. The molecule has 1 heterocycles. The summed E-state index contributed by atoms with van der Waals surface area (Å²) in [7, 11) is 0. The minimum absolute atomic E-state index is 0.126. The molecule has 0 aliphatic rings. The Bertz CT molecular complexity index is 353. The van der Waals surface area contributed by atoms with Gasteiger partial charge in [0.15, 0.2) is 0 Å². The second-order valence-corrected chi connectivity index (χ2v) is 3.59. The van der Waals surface area contributed by atoms with Gasteiger partial charge in [0, 0.05) is 24.6 Å². The molecule has 0 spiro atoms. The summed E-state index contributed by atoms with van der Waals surface area (Å²) in [5.41, 5.74) is 0. The topological polar surface area (TPSA) is 49.2 Å². The lowest BCUT2D eigenvalue weighted by Gasteiger charge is -2.17. The molecule has 1 N–H and O–H groups in total. The first-order chi connectivity index (χ1) is 7.49. The van der Waals surface area contributed by atoms with Gasteiger partial charge in [-0.1, -0.05) is 6.08 Å². The van der Waals surface area contributed by atoms with Gasteiger partial charge in [0.1, 0.15) is 0 Å². The summed E-state index contributed by atoms with van der Waals surface area (Å²) in [6.45, 7) is 3.81. The van der Waals surface area contributed by atoms with Crippen LogP contribution in [0.5, 0.6) is 0 Å². The van der Waals surface area contributed by atoms with Crippen molar-refractivity contribution in [1.82, 2.24) is 9.36 Å². The molecule has 16 heavy (non-hydrogen) atoms. The molecule has 0 aliphatic heterocycles. The maximum absolute atomic E-state index is 12.2. The summed E-state index contributed by atoms with van der Waals surface area (Å²) in [4.78, 5) is 4.84. The van der Waals surface area contributed by atoms with E-state index >= 15 is 0 Å². The number of rotatable bonds is 5. The molecular formula is C8H10F3N3OS. The second-order valence-electron chi connectivity index (χ2n) is 2.86. The van der Waals surface area contributed by atoms with E-state index in [4.69, 9.17) is 5.11 Å². The Balaban J connectivity index is 2.85. The van der Waals surface area contributed by atoms with Gasteiger partial charge in [-0.15, -0.1) is 6.58 Å². The van der Waals surface area contributed by atoms with Gasteiger partial charge in [-0.3, -0.25) is 0 Å². The Labute approximate surface area is 94.2 Å². The SMILES string of the molecule is C=CCN(CCO)c1nc(C(F)(F)F)ns1. The van der Waals surface area contributed by atoms with Crippen LogP contribution >= 0.6 is 11.5 Å². The molecular weight excluding hydrogens is 243 g/mol. The summed E-state index contributed by atoms with van der Waals surface area (Å²) in [6, 6.07) is 0. The van der Waals surface area contributed by atoms with E-state index in [-0.39, 0.29) is 18.3 Å². The number of anilines is 1. The van der Waals surface area contributed by atoms with Crippen LogP contribution in [0.1, 0.15) is 5.82 Å². The molecule has 4 nitrogen and oxygen atoms in total. The van der Waals surface area contributed by atoms with Crippen LogP contribution in [0.2, 0.25) is 0 Å². The molecule has 0 atom stereocenters. The molecule has 1 rings (SSSR count). The monoisotopic (exact) mass is 253 g/mol. The van der Waals surface area contributed by atoms with Crippen molar-refractivity contribution < 1.29 is 18.3 Å². The van der Waals surface area contributed by atoms with Crippen LogP contribution in [0.3, 0.4) is 0 Å². The molecule has 1 aromatic rings. The zero-order chi connectivity index (χ0) is 12.2. The van der Waals surface area contributed by atoms with Gasteiger partial charge in [-0.25, -0.2) is 0 Å². The zero-order valence-corrected chi connectivity index (χ0v) is 9.05. The number of aliphatic hydroxyl groups is 1. The molecule has 0 amide bonds. The minimum atomic E-state index is -4.53. The van der Waals surface area contributed by atoms with Crippen LogP contribution in [-0.4, -0.2) is 34.2 Å². The van der Waals surface area contributed by atoms with Crippen molar-refractivity contribution in [1.29, 1.82) is 0 Å². The summed E-state index contributed by atoms with van der Waals surface area (Å²) < 4.78 is 39.9. The van der Waals surface area contributed by atoms with Crippen molar-refractivity contribution in [3.05, 3.63) is 18.5 Å². The van der Waals surface area contributed by atoms with E-state index < -0.39 is 12.0 Å². The Hall–Kier alpha value is -1.15. The maximum Gasteiger partial charge on any atom is 0.452 e. The van der Waals surface area contributed by atoms with Crippen LogP contribution in [0, 0.1) is 0 Å². The van der Waals surface area contributed by atoms with E-state index in [1.807, 2.05) is 0 Å². The lowest BCUT2D eigenvalue weighted by Crippen LogP contribution is -2.26. The van der Waals surface area contributed by atoms with Crippen molar-refractivity contribution in [2.45, 2.75) is 6.18 Å². The van der Waals surface area contributed by atoms with Crippen molar-refractivity contribution in [3.63, 3.8) is 0 Å². The fourth-order valence-electron chi connectivity index (χ4n) is 1.00. The summed E-state index contributed by atoms with van der Waals surface area (Å²) in [5.74, 6) is -1.15. The average molecular weight is 253 g/mol. The van der Waals surface area contributed by atoms with E-state index in [1.54, 1.807) is 0 Å². The highest BCUT2D eigenvalue weighted by molar-refractivity contribution is 7.09. The molecule has 8 heteroatoms. The van der Waals surface area contributed by atoms with Crippen LogP contribution in [0.25, 0.3) is 0 Å². The molecule has 1 aromatic heterocycles. The average Bonchev–Trinajstić information content (AvgIpc) is 2.65. The number of halogens is 3. The van der Waals surface area contributed by atoms with Crippen molar-refractivity contribution in [3.8, 4) is 0 Å². The van der Waals surface area contributed by atoms with Crippen molar-refractivity contribution >= 4 is 16.7 Å². The first-order valence-corrected chi connectivity index (χ1v) is 5.14. The predicted molar refractivity (Wildman–Crippen MR) is 54.4 cm³/mol. The maximum atomic E-state index is 12.2. The van der Waals surface area contributed by atoms with Crippen LogP contribution in [-0.2, 0) is 6.18 Å². The van der Waals surface area contributed by atoms with Crippen molar-refractivity contribution in [2.24, 2.45) is 0 Å². The predicted octanol–water partition coefficient (Wildman–Crippen LogP) is 1.54. The summed E-state index contributed by atoms with van der Waals surface area (Å²) >= 11 is 0.650. The molecule has 0 aliphatic carbocycles. The third kappa shape index (κ3) is 3.17. The third-order valence-electron chi connectivity index (χ3n) is 1.66. The van der Waals surface area contributed by atoms with E-state index in [0.29, 0.717) is 18.1 Å². The van der Waals surface area contributed by atoms with Crippen LogP contribution < -0.4 is 4.90 Å². The van der Waals surface area contributed by atoms with E-state index in [9.17, 15) is 13.2 Å². The molecule has 0 aromatic carbocycles. The zero-order valence-electron chi connectivity index (χ0n) is 8.24. The van der Waals surface area contributed by atoms with Crippen LogP contribution in [0.4, 0.5) is 18.3 Å². The number of aliphatic hydroxyl groups excluding tert-OH is 1. The Morgan fingerprint density at radius 1 is 1.50 bits per heavy atom. The highest BCUT2D eigenvalue weighted by Gasteiger charge is 2.36. The number of hydrogen-bond acceptors (Lipinski definition) is 5. The van der Waals surface area contributed by atoms with Gasteiger partial charge in [-0.2, -0.15) is 22.5 Å². The standard InChI is InChI=1S/C8H10F3N3OS/c1-2-3-14(4-5-15)7-12-6(13-16-7)8(9,10)11/h2,15H,1,3-5H2. The van der Waals surface area contributed by atoms with Gasteiger partial charge < -0.3 is 10.0 Å². The largest absolute Gasteiger partial charge is 0.452 e. The Morgan fingerprint density at radius 2 is 2.19 bits per heavy atom. The molecule has 0 unspecified atom stereocenters. The number of alkyl halides is 3. The molecule has 0 saturated carbocycles. The summed E-state index contributed by atoms with van der Waals surface area (Å²) in [5, 5.41) is 8.88. The van der Waals surface area contributed by atoms with E-state index in [0.717, 1.165) is 0 Å². The quantitative estimate of drug-likeness (QED) is 0.809. The highest BCUT2D eigenvalue weighted by atomic mass is 32.1. The first-order valence-electron chi connectivity index (χ1n) is 4.36. The first kappa shape index (κ1) is 12.9. The number of hydrogen-bond donors (Lipinski definition) is 1. The lowest BCUT2D eigenvalue weighted by atomic mass is 10.5. The molecule has 0 radical (unpaired) electrons. The van der Waals surface area contributed by atoms with Crippen LogP contribution in [0.15, 0.2) is 12.7 Å². The lowest BCUT2D eigenvalue weighted by molar-refractivity contribution is -0.144. The fraction of sp³-hybridized carbons (Fsp3) is 0.500. The highest BCUT2D eigenvalue weighted by Crippen LogP contribution is 2.30. The normalized spacial score (nSPS) is 11.5. The van der Waals surface area contributed by atoms with Gasteiger partial charge >= 0.3 is 6.18 Å². The van der Waals surface area contributed by atoms with Gasteiger partial charge in [0.05, 0.1) is 6.61 Å². The number of nitrogens with zero attached hydrogens (tertiary/aromatic N) is 3. The Morgan fingerprint density at radius 3 is 2.62 bits per heavy atom. The summed E-state index contributed by atoms with van der Waals surface area (Å²) in [6.07, 6.45) is -3.02. The molecule has 90 valence electrons. The Kier molecular flexibility index (Phi) is 4.25. The van der Waals surface area contributed by atoms with Gasteiger partial charge in [0.25, 0.3) is 0 Å². The molecule has 0 fully saturated rings. The second kappa shape index (κ2) is 5.26. The molecule has 0 bridgehead atoms. The molecule has 0 saturated heterocycles. The van der Waals surface area contributed by atoms with Gasteiger partial charge in [-0.05, 0) is 0 Å². The van der Waals surface area contributed by atoms with E-state index in [1.165, 1.54) is 11.0 Å². The number of aromatic nitrogens is 2. The van der Waals surface area contributed by atoms with Gasteiger partial charge in [0.2, 0.25) is 11.0 Å². The van der Waals surface area contributed by atoms with E-state index in [2.05, 4.69) is 15.9 Å². The third-order valence-corrected chi connectivity index (χ3v) is 2.44. The smallest absolute Gasteiger partial charge is 0.395 e.